The van der Waals surface area contributed by atoms with Crippen LogP contribution >= 0.6 is 0 Å². The monoisotopic (exact) mass is 679 g/mol. The van der Waals surface area contributed by atoms with Gasteiger partial charge in [-0.2, -0.15) is 0 Å². The van der Waals surface area contributed by atoms with Crippen LogP contribution in [0.25, 0.3) is 66.4 Å². The van der Waals surface area contributed by atoms with Crippen molar-refractivity contribution in [2.75, 3.05) is 4.90 Å². The van der Waals surface area contributed by atoms with Gasteiger partial charge in [-0.25, -0.2) is 0 Å². The molecule has 53 heavy (non-hydrogen) atoms. The van der Waals surface area contributed by atoms with E-state index in [4.69, 9.17) is 4.42 Å². The second kappa shape index (κ2) is 12.3. The summed E-state index contributed by atoms with van der Waals surface area (Å²) in [6.45, 7) is 4.70. The molecule has 1 aliphatic carbocycles. The Morgan fingerprint density at radius 2 is 0.962 bits per heavy atom. The van der Waals surface area contributed by atoms with E-state index in [9.17, 15) is 0 Å². The zero-order valence-corrected chi connectivity index (χ0v) is 29.8. The van der Waals surface area contributed by atoms with Gasteiger partial charge in [-0.15, -0.1) is 0 Å². The fourth-order valence-electron chi connectivity index (χ4n) is 8.40. The lowest BCUT2D eigenvalue weighted by atomic mass is 9.82. The second-order valence-electron chi connectivity index (χ2n) is 14.5. The Morgan fingerprint density at radius 1 is 0.415 bits per heavy atom. The van der Waals surface area contributed by atoms with Crippen LogP contribution in [0.4, 0.5) is 17.1 Å². The van der Waals surface area contributed by atoms with Gasteiger partial charge < -0.3 is 9.32 Å². The minimum atomic E-state index is -0.135. The van der Waals surface area contributed by atoms with Gasteiger partial charge in [-0.1, -0.05) is 159 Å². The number of rotatable bonds is 6. The fraction of sp³-hybridized carbons (Fsp3) is 0.0588. The lowest BCUT2D eigenvalue weighted by Crippen LogP contribution is -2.17. The smallest absolute Gasteiger partial charge is 0.145 e. The van der Waals surface area contributed by atoms with Gasteiger partial charge in [0.1, 0.15) is 11.2 Å². The SMILES string of the molecule is CC1(C)c2ccccc2-c2ccc(N(c3ccc(-c4ccccc4)cc3)c3ccc4c(oc5ccccc54)c3-c3ccc(-c4ccccc4)cc3)cc21. The minimum Gasteiger partial charge on any atom is -0.455 e. The van der Waals surface area contributed by atoms with E-state index < -0.39 is 0 Å². The number of benzene rings is 8. The van der Waals surface area contributed by atoms with E-state index in [-0.39, 0.29) is 5.41 Å². The zero-order chi connectivity index (χ0) is 35.5. The van der Waals surface area contributed by atoms with Crippen LogP contribution in [-0.2, 0) is 5.41 Å². The highest BCUT2D eigenvalue weighted by Gasteiger charge is 2.36. The molecule has 0 bridgehead atoms. The third-order valence-corrected chi connectivity index (χ3v) is 11.1. The predicted octanol–water partition coefficient (Wildman–Crippen LogP) is 14.4. The quantitative estimate of drug-likeness (QED) is 0.174. The Labute approximate surface area is 310 Å². The molecule has 9 aromatic rings. The van der Waals surface area contributed by atoms with Gasteiger partial charge in [0.05, 0.1) is 5.69 Å². The number of nitrogens with zero attached hydrogens (tertiary/aromatic N) is 1. The molecule has 1 aromatic heterocycles. The van der Waals surface area contributed by atoms with Gasteiger partial charge >= 0.3 is 0 Å². The van der Waals surface area contributed by atoms with Crippen molar-refractivity contribution in [3.63, 3.8) is 0 Å². The van der Waals surface area contributed by atoms with E-state index in [1.165, 1.54) is 44.5 Å². The molecule has 1 heterocycles. The summed E-state index contributed by atoms with van der Waals surface area (Å²) in [7, 11) is 0. The predicted molar refractivity (Wildman–Crippen MR) is 222 cm³/mol. The van der Waals surface area contributed by atoms with Crippen molar-refractivity contribution in [2.45, 2.75) is 19.3 Å². The van der Waals surface area contributed by atoms with Gasteiger partial charge in [0.2, 0.25) is 0 Å². The Morgan fingerprint density at radius 3 is 1.68 bits per heavy atom. The van der Waals surface area contributed by atoms with Crippen LogP contribution in [0.1, 0.15) is 25.0 Å². The van der Waals surface area contributed by atoms with Crippen LogP contribution in [-0.4, -0.2) is 0 Å². The Kier molecular flexibility index (Phi) is 7.19. The van der Waals surface area contributed by atoms with Crippen molar-refractivity contribution in [3.8, 4) is 44.5 Å². The molecule has 252 valence electrons. The molecular weight excluding hydrogens is 643 g/mol. The number of furan rings is 1. The van der Waals surface area contributed by atoms with Crippen LogP contribution in [0.2, 0.25) is 0 Å². The van der Waals surface area contributed by atoms with Crippen molar-refractivity contribution >= 4 is 39.0 Å². The van der Waals surface area contributed by atoms with Crippen LogP contribution in [0, 0.1) is 0 Å². The molecule has 0 fully saturated rings. The van der Waals surface area contributed by atoms with E-state index in [1.807, 2.05) is 6.07 Å². The number of anilines is 3. The highest BCUT2D eigenvalue weighted by molar-refractivity contribution is 6.13. The maximum atomic E-state index is 6.82. The van der Waals surface area contributed by atoms with E-state index in [1.54, 1.807) is 0 Å². The molecule has 1 aliphatic rings. The summed E-state index contributed by atoms with van der Waals surface area (Å²) in [6, 6.07) is 67.8. The largest absolute Gasteiger partial charge is 0.455 e. The van der Waals surface area contributed by atoms with E-state index in [2.05, 4.69) is 201 Å². The summed E-state index contributed by atoms with van der Waals surface area (Å²) in [5, 5.41) is 2.23. The highest BCUT2D eigenvalue weighted by Crippen LogP contribution is 2.52. The number of hydrogen-bond donors (Lipinski definition) is 0. The molecule has 0 saturated heterocycles. The molecule has 0 spiro atoms. The summed E-state index contributed by atoms with van der Waals surface area (Å²) in [5.74, 6) is 0. The topological polar surface area (TPSA) is 16.4 Å². The fourth-order valence-corrected chi connectivity index (χ4v) is 8.40. The van der Waals surface area contributed by atoms with Gasteiger partial charge in [0, 0.05) is 33.1 Å². The molecule has 0 aliphatic heterocycles. The van der Waals surface area contributed by atoms with E-state index >= 15 is 0 Å². The molecule has 0 atom stereocenters. The molecular formula is C51H37NO. The molecule has 2 nitrogen and oxygen atoms in total. The minimum absolute atomic E-state index is 0.135. The van der Waals surface area contributed by atoms with E-state index in [0.29, 0.717) is 0 Å². The maximum Gasteiger partial charge on any atom is 0.145 e. The molecule has 0 unspecified atom stereocenters. The van der Waals surface area contributed by atoms with Crippen molar-refractivity contribution in [2.24, 2.45) is 0 Å². The average molecular weight is 680 g/mol. The van der Waals surface area contributed by atoms with E-state index in [0.717, 1.165) is 50.1 Å². The standard InChI is InChI=1S/C51H37NO/c1-51(2)45-19-11-9-17-41(45)42-30-29-40(33-46(42)51)52(39-27-25-37(26-28-39)35-15-7-4-8-16-35)47-32-31-44-43-18-10-12-20-48(43)53-50(44)49(47)38-23-21-36(22-24-38)34-13-5-3-6-14-34/h3-33H,1-2H3. The van der Waals surface area contributed by atoms with Crippen LogP contribution in [0.15, 0.2) is 192 Å². The first-order chi connectivity index (χ1) is 26.0. The van der Waals surface area contributed by atoms with Gasteiger partial charge in [-0.3, -0.25) is 0 Å². The number of fused-ring (bicyclic) bond motifs is 6. The zero-order valence-electron chi connectivity index (χ0n) is 29.8. The third kappa shape index (κ3) is 5.10. The first kappa shape index (κ1) is 31.1. The summed E-state index contributed by atoms with van der Waals surface area (Å²) >= 11 is 0. The van der Waals surface area contributed by atoms with Crippen molar-refractivity contribution in [1.29, 1.82) is 0 Å². The molecule has 8 aromatic carbocycles. The summed E-state index contributed by atoms with van der Waals surface area (Å²) in [6.07, 6.45) is 0. The molecule has 0 amide bonds. The van der Waals surface area contributed by atoms with Crippen LogP contribution < -0.4 is 4.90 Å². The van der Waals surface area contributed by atoms with Crippen LogP contribution in [0.3, 0.4) is 0 Å². The number of hydrogen-bond acceptors (Lipinski definition) is 2. The second-order valence-corrected chi connectivity index (χ2v) is 14.5. The third-order valence-electron chi connectivity index (χ3n) is 11.1. The average Bonchev–Trinajstić information content (AvgIpc) is 3.71. The lowest BCUT2D eigenvalue weighted by Gasteiger charge is -2.30. The Bertz CT molecular complexity index is 2780. The molecule has 0 N–H and O–H groups in total. The van der Waals surface area contributed by atoms with Gasteiger partial charge in [0.25, 0.3) is 0 Å². The van der Waals surface area contributed by atoms with Crippen molar-refractivity contribution in [1.82, 2.24) is 0 Å². The summed E-state index contributed by atoms with van der Waals surface area (Å²) in [5.41, 5.74) is 17.1. The molecule has 0 saturated carbocycles. The maximum absolute atomic E-state index is 6.82. The first-order valence-corrected chi connectivity index (χ1v) is 18.3. The van der Waals surface area contributed by atoms with Crippen LogP contribution in [0.5, 0.6) is 0 Å². The summed E-state index contributed by atoms with van der Waals surface area (Å²) < 4.78 is 6.82. The van der Waals surface area contributed by atoms with Gasteiger partial charge in [-0.05, 0) is 92.5 Å². The first-order valence-electron chi connectivity index (χ1n) is 18.3. The number of para-hydroxylation sites is 1. The summed E-state index contributed by atoms with van der Waals surface area (Å²) in [4.78, 5) is 2.42. The lowest BCUT2D eigenvalue weighted by molar-refractivity contribution is 0.660. The van der Waals surface area contributed by atoms with Crippen molar-refractivity contribution < 1.29 is 4.42 Å². The normalized spacial score (nSPS) is 12.9. The Balaban J connectivity index is 1.22. The molecule has 10 rings (SSSR count). The van der Waals surface area contributed by atoms with Crippen molar-refractivity contribution in [3.05, 3.63) is 199 Å². The van der Waals surface area contributed by atoms with Gasteiger partial charge in [0.15, 0.2) is 0 Å². The Hall–Kier alpha value is -6.64. The molecule has 2 heteroatoms. The molecule has 0 radical (unpaired) electrons. The highest BCUT2D eigenvalue weighted by atomic mass is 16.3.